The van der Waals surface area contributed by atoms with Crippen LogP contribution in [0.1, 0.15) is 39.3 Å². The van der Waals surface area contributed by atoms with Gasteiger partial charge in [-0.3, -0.25) is 4.90 Å². The van der Waals surface area contributed by atoms with Gasteiger partial charge in [0.15, 0.2) is 0 Å². The number of rotatable bonds is 8. The van der Waals surface area contributed by atoms with E-state index < -0.39 is 5.97 Å². The maximum atomic E-state index is 14.2. The number of imidazole rings is 1. The zero-order valence-corrected chi connectivity index (χ0v) is 21.4. The number of benzene rings is 2. The van der Waals surface area contributed by atoms with Crippen molar-refractivity contribution in [3.8, 4) is 0 Å². The number of hydrogen-bond acceptors (Lipinski definition) is 6. The minimum atomic E-state index is -0.953. The number of pyridine rings is 1. The molecule has 6 rings (SSSR count). The summed E-state index contributed by atoms with van der Waals surface area (Å²) in [5, 5.41) is 13.1. The second kappa shape index (κ2) is 10.3. The largest absolute Gasteiger partial charge is 0.478 e. The summed E-state index contributed by atoms with van der Waals surface area (Å²) in [6, 6.07) is 11.8. The molecule has 0 unspecified atom stereocenters. The van der Waals surface area contributed by atoms with E-state index in [0.29, 0.717) is 36.0 Å². The zero-order valence-electron chi connectivity index (χ0n) is 20.7. The van der Waals surface area contributed by atoms with E-state index in [2.05, 4.69) is 19.8 Å². The molecule has 4 aromatic rings. The van der Waals surface area contributed by atoms with E-state index in [1.165, 1.54) is 17.2 Å². The van der Waals surface area contributed by atoms with Crippen LogP contribution in [0.25, 0.3) is 11.0 Å². The van der Waals surface area contributed by atoms with E-state index in [1.807, 2.05) is 12.3 Å². The van der Waals surface area contributed by atoms with Crippen LogP contribution in [0.5, 0.6) is 0 Å². The number of fused-ring (bicyclic) bond motifs is 2. The van der Waals surface area contributed by atoms with Crippen LogP contribution in [-0.4, -0.2) is 49.8 Å². The topological polar surface area (TPSA) is 92.5 Å². The summed E-state index contributed by atoms with van der Waals surface area (Å²) in [6.07, 6.45) is 3.86. The van der Waals surface area contributed by atoms with E-state index >= 15 is 0 Å². The third-order valence-electron chi connectivity index (χ3n) is 7.27. The van der Waals surface area contributed by atoms with Gasteiger partial charge in [0.25, 0.3) is 0 Å². The number of ether oxygens (including phenoxy) is 1. The van der Waals surface area contributed by atoms with Crippen molar-refractivity contribution in [3.05, 3.63) is 87.6 Å². The fourth-order valence-electron chi connectivity index (χ4n) is 5.04. The molecule has 2 aliphatic rings. The number of carboxylic acids is 1. The highest BCUT2D eigenvalue weighted by atomic mass is 35.5. The van der Waals surface area contributed by atoms with Gasteiger partial charge in [-0.25, -0.2) is 19.2 Å². The van der Waals surface area contributed by atoms with E-state index in [1.54, 1.807) is 30.3 Å². The highest BCUT2D eigenvalue weighted by Crippen LogP contribution is 2.26. The van der Waals surface area contributed by atoms with Crippen LogP contribution >= 0.6 is 11.6 Å². The van der Waals surface area contributed by atoms with Gasteiger partial charge in [0, 0.05) is 43.0 Å². The van der Waals surface area contributed by atoms with E-state index in [0.717, 1.165) is 49.4 Å². The van der Waals surface area contributed by atoms with Crippen LogP contribution in [0.3, 0.4) is 0 Å². The molecule has 0 aliphatic carbocycles. The van der Waals surface area contributed by atoms with Crippen molar-refractivity contribution in [2.75, 3.05) is 18.5 Å². The fraction of sp³-hybridized carbons (Fsp3) is 0.321. The lowest BCUT2D eigenvalue weighted by Crippen LogP contribution is -2.34. The predicted octanol–water partition coefficient (Wildman–Crippen LogP) is 4.88. The lowest BCUT2D eigenvalue weighted by molar-refractivity contribution is -0.0592. The summed E-state index contributed by atoms with van der Waals surface area (Å²) in [4.78, 5) is 23.3. The second-order valence-corrected chi connectivity index (χ2v) is 10.3. The first-order valence-electron chi connectivity index (χ1n) is 12.6. The van der Waals surface area contributed by atoms with E-state index in [9.17, 15) is 14.3 Å². The number of carbonyl (C=O) groups is 1. The van der Waals surface area contributed by atoms with E-state index in [4.69, 9.17) is 21.3 Å². The van der Waals surface area contributed by atoms with Crippen LogP contribution < -0.4 is 5.32 Å². The number of aromatic carboxylic acids is 1. The predicted molar refractivity (Wildman–Crippen MR) is 142 cm³/mol. The van der Waals surface area contributed by atoms with Crippen molar-refractivity contribution in [2.45, 2.75) is 45.1 Å². The molecule has 2 aliphatic heterocycles. The Morgan fingerprint density at radius 3 is 2.84 bits per heavy atom. The van der Waals surface area contributed by atoms with Gasteiger partial charge in [0.05, 0.1) is 35.8 Å². The Kier molecular flexibility index (Phi) is 6.73. The van der Waals surface area contributed by atoms with Gasteiger partial charge in [-0.15, -0.1) is 0 Å². The molecule has 10 heteroatoms. The minimum absolute atomic E-state index is 0.117. The summed E-state index contributed by atoms with van der Waals surface area (Å²) >= 11 is 5.86. The van der Waals surface area contributed by atoms with Crippen molar-refractivity contribution in [2.24, 2.45) is 0 Å². The summed E-state index contributed by atoms with van der Waals surface area (Å²) in [5.74, 6) is 0.285. The molecule has 1 atom stereocenters. The van der Waals surface area contributed by atoms with Crippen LogP contribution in [0, 0.1) is 5.82 Å². The Labute approximate surface area is 224 Å². The first kappa shape index (κ1) is 24.8. The molecular formula is C28H27ClFN5O3. The quantitative estimate of drug-likeness (QED) is 0.332. The highest BCUT2D eigenvalue weighted by Gasteiger charge is 2.25. The third-order valence-corrected chi connectivity index (χ3v) is 7.50. The average molecular weight is 536 g/mol. The number of nitrogens with one attached hydrogen (secondary N) is 1. The van der Waals surface area contributed by atoms with E-state index in [-0.39, 0.29) is 17.5 Å². The van der Waals surface area contributed by atoms with Gasteiger partial charge in [-0.1, -0.05) is 17.7 Å². The highest BCUT2D eigenvalue weighted by molar-refractivity contribution is 6.30. The molecule has 4 heterocycles. The van der Waals surface area contributed by atoms with Crippen molar-refractivity contribution in [3.63, 3.8) is 0 Å². The first-order valence-corrected chi connectivity index (χ1v) is 13.0. The summed E-state index contributed by atoms with van der Waals surface area (Å²) in [7, 11) is 0. The lowest BCUT2D eigenvalue weighted by Gasteiger charge is -2.30. The van der Waals surface area contributed by atoms with Crippen LogP contribution in [0.2, 0.25) is 5.02 Å². The first-order chi connectivity index (χ1) is 18.4. The molecule has 0 amide bonds. The average Bonchev–Trinajstić information content (AvgIpc) is 3.21. The molecule has 196 valence electrons. The van der Waals surface area contributed by atoms with Crippen LogP contribution in [0.4, 0.5) is 10.2 Å². The summed E-state index contributed by atoms with van der Waals surface area (Å²) in [5.41, 5.74) is 4.74. The molecular weight excluding hydrogens is 509 g/mol. The van der Waals surface area contributed by atoms with Crippen molar-refractivity contribution in [1.82, 2.24) is 19.4 Å². The molecule has 0 spiro atoms. The Balaban J connectivity index is 1.20. The standard InChI is InChI=1S/C28H27ClFN5O3/c29-21-3-1-19(23(30)11-21)13-32-26-10-20-14-34(7-5-18(20)12-31-26)16-27-33-24-4-2-17(28(36)37)9-25(24)35(27)15-22-6-8-38-22/h1-4,9-12,22H,5-8,13-16H2,(H,31,32)(H,36,37)/t22-/m0/s1. The van der Waals surface area contributed by atoms with Gasteiger partial charge < -0.3 is 19.7 Å². The Hall–Kier alpha value is -3.53. The van der Waals surface area contributed by atoms with Crippen LogP contribution in [-0.2, 0) is 37.3 Å². The Morgan fingerprint density at radius 2 is 2.08 bits per heavy atom. The number of halogens is 2. The third kappa shape index (κ3) is 5.09. The number of nitrogens with zero attached hydrogens (tertiary/aromatic N) is 4. The molecule has 0 radical (unpaired) electrons. The Morgan fingerprint density at radius 1 is 1.21 bits per heavy atom. The molecule has 8 nitrogen and oxygen atoms in total. The molecule has 1 fully saturated rings. The summed E-state index contributed by atoms with van der Waals surface area (Å²) in [6.45, 7) is 3.93. The molecule has 2 aromatic carbocycles. The minimum Gasteiger partial charge on any atom is -0.478 e. The molecule has 0 saturated carbocycles. The van der Waals surface area contributed by atoms with Gasteiger partial charge in [0.1, 0.15) is 17.5 Å². The van der Waals surface area contributed by atoms with Gasteiger partial charge in [0.2, 0.25) is 0 Å². The maximum absolute atomic E-state index is 14.2. The lowest BCUT2D eigenvalue weighted by atomic mass is 10.0. The molecule has 2 N–H and O–H groups in total. The SMILES string of the molecule is O=C(O)c1ccc2nc(CN3CCc4cnc(NCc5ccc(Cl)cc5F)cc4C3)n(C[C@@H]3CCO3)c2c1. The number of anilines is 1. The summed E-state index contributed by atoms with van der Waals surface area (Å²) < 4.78 is 22.0. The number of hydrogen-bond donors (Lipinski definition) is 2. The monoisotopic (exact) mass is 535 g/mol. The molecule has 0 bridgehead atoms. The fourth-order valence-corrected chi connectivity index (χ4v) is 5.20. The van der Waals surface area contributed by atoms with Crippen molar-refractivity contribution in [1.29, 1.82) is 0 Å². The zero-order chi connectivity index (χ0) is 26.2. The number of aromatic nitrogens is 3. The smallest absolute Gasteiger partial charge is 0.335 e. The second-order valence-electron chi connectivity index (χ2n) is 9.82. The molecule has 2 aromatic heterocycles. The van der Waals surface area contributed by atoms with Gasteiger partial charge in [-0.05, 0) is 60.4 Å². The van der Waals surface area contributed by atoms with Crippen LogP contribution in [0.15, 0.2) is 48.7 Å². The maximum Gasteiger partial charge on any atom is 0.335 e. The molecule has 1 saturated heterocycles. The normalized spacial score (nSPS) is 17.3. The number of carboxylic acid groups (broad SMARTS) is 1. The van der Waals surface area contributed by atoms with Crippen molar-refractivity contribution >= 4 is 34.4 Å². The molecule has 38 heavy (non-hydrogen) atoms. The van der Waals surface area contributed by atoms with Gasteiger partial charge >= 0.3 is 5.97 Å². The van der Waals surface area contributed by atoms with Gasteiger partial charge in [-0.2, -0.15) is 0 Å². The van der Waals surface area contributed by atoms with Crippen molar-refractivity contribution < 1.29 is 19.0 Å². The Bertz CT molecular complexity index is 1520.